The van der Waals surface area contributed by atoms with Crippen LogP contribution in [0.15, 0.2) is 6.20 Å². The molecule has 0 fully saturated rings. The molecule has 0 unspecified atom stereocenters. The van der Waals surface area contributed by atoms with Crippen molar-refractivity contribution in [2.45, 2.75) is 26.6 Å². The third kappa shape index (κ3) is 3.12. The first-order valence-corrected chi connectivity index (χ1v) is 5.00. The normalized spacial score (nSPS) is 11.2. The number of halogens is 3. The van der Waals surface area contributed by atoms with Crippen LogP contribution >= 0.6 is 0 Å². The Hall–Kier alpha value is -1.79. The average Bonchev–Trinajstić information content (AvgIpc) is 2.27. The lowest BCUT2D eigenvalue weighted by molar-refractivity contribution is -0.201. The number of aromatic nitrogens is 1. The summed E-state index contributed by atoms with van der Waals surface area (Å²) in [5.74, 6) is -1.72. The highest BCUT2D eigenvalue weighted by atomic mass is 19.4. The summed E-state index contributed by atoms with van der Waals surface area (Å²) in [6.45, 7) is 2.85. The minimum absolute atomic E-state index is 0.232. The number of esters is 1. The van der Waals surface area contributed by atoms with Crippen LogP contribution in [0.5, 0.6) is 5.75 Å². The van der Waals surface area contributed by atoms with E-state index in [0.717, 1.165) is 5.56 Å². The second-order valence-electron chi connectivity index (χ2n) is 3.62. The number of methoxy groups -OCH3 is 1. The van der Waals surface area contributed by atoms with E-state index in [1.54, 1.807) is 13.8 Å². The number of pyridine rings is 1. The first kappa shape index (κ1) is 14.3. The largest absolute Gasteiger partial charge is 0.496 e. The van der Waals surface area contributed by atoms with Crippen molar-refractivity contribution in [3.05, 3.63) is 23.0 Å². The second kappa shape index (κ2) is 5.24. The Morgan fingerprint density at radius 2 is 2.00 bits per heavy atom. The van der Waals surface area contributed by atoms with Gasteiger partial charge in [-0.25, -0.2) is 4.79 Å². The fourth-order valence-corrected chi connectivity index (χ4v) is 1.43. The summed E-state index contributed by atoms with van der Waals surface area (Å²) in [4.78, 5) is 14.5. The third-order valence-electron chi connectivity index (χ3n) is 2.32. The summed E-state index contributed by atoms with van der Waals surface area (Å²) in [7, 11) is 1.45. The molecule has 0 bridgehead atoms. The van der Waals surface area contributed by atoms with Crippen LogP contribution in [0.3, 0.4) is 0 Å². The Morgan fingerprint density at radius 1 is 1.39 bits per heavy atom. The summed E-state index contributed by atoms with van der Waals surface area (Å²) in [5.41, 5.74) is 1.53. The van der Waals surface area contributed by atoms with E-state index < -0.39 is 18.8 Å². The Balaban J connectivity index is 2.84. The van der Waals surface area contributed by atoms with Crippen molar-refractivity contribution in [2.24, 2.45) is 0 Å². The SMILES string of the molecule is COc1c(C)cnc(COC(=O)C(F)(F)F)c1C. The van der Waals surface area contributed by atoms with Crippen LogP contribution in [-0.2, 0) is 16.1 Å². The van der Waals surface area contributed by atoms with Crippen LogP contribution in [0.4, 0.5) is 13.2 Å². The van der Waals surface area contributed by atoms with Crippen LogP contribution < -0.4 is 4.74 Å². The van der Waals surface area contributed by atoms with E-state index in [0.29, 0.717) is 11.3 Å². The Kier molecular flexibility index (Phi) is 4.15. The highest BCUT2D eigenvalue weighted by Crippen LogP contribution is 2.25. The molecule has 0 N–H and O–H groups in total. The second-order valence-corrected chi connectivity index (χ2v) is 3.62. The molecule has 0 aliphatic heterocycles. The third-order valence-corrected chi connectivity index (χ3v) is 2.32. The predicted octanol–water partition coefficient (Wildman–Crippen LogP) is 2.31. The molecule has 1 aromatic heterocycles. The van der Waals surface area contributed by atoms with E-state index in [1.165, 1.54) is 13.3 Å². The number of carbonyl (C=O) groups excluding carboxylic acids is 1. The number of rotatable bonds is 3. The van der Waals surface area contributed by atoms with Crippen molar-refractivity contribution in [1.82, 2.24) is 4.98 Å². The minimum atomic E-state index is -5.00. The van der Waals surface area contributed by atoms with E-state index in [4.69, 9.17) is 4.74 Å². The standard InChI is InChI=1S/C11H12F3NO3/c1-6-4-15-8(7(2)9(6)17-3)5-18-10(16)11(12,13)14/h4H,5H2,1-3H3. The van der Waals surface area contributed by atoms with Gasteiger partial charge in [0.15, 0.2) is 0 Å². The molecular weight excluding hydrogens is 251 g/mol. The Labute approximate surface area is 102 Å². The lowest BCUT2D eigenvalue weighted by atomic mass is 10.1. The Bertz CT molecular complexity index is 458. The number of alkyl halides is 3. The van der Waals surface area contributed by atoms with Gasteiger partial charge in [-0.1, -0.05) is 0 Å². The predicted molar refractivity (Wildman–Crippen MR) is 56.1 cm³/mol. The molecular formula is C11H12F3NO3. The number of nitrogens with zero attached hydrogens (tertiary/aromatic N) is 1. The molecule has 0 spiro atoms. The van der Waals surface area contributed by atoms with Crippen LogP contribution in [0, 0.1) is 13.8 Å². The number of hydrogen-bond acceptors (Lipinski definition) is 4. The van der Waals surface area contributed by atoms with Gasteiger partial charge in [-0.05, 0) is 13.8 Å². The maximum absolute atomic E-state index is 11.9. The summed E-state index contributed by atoms with van der Waals surface area (Å²) >= 11 is 0. The van der Waals surface area contributed by atoms with E-state index in [1.807, 2.05) is 0 Å². The molecule has 1 aromatic rings. The zero-order chi connectivity index (χ0) is 13.9. The van der Waals surface area contributed by atoms with Crippen LogP contribution in [0.1, 0.15) is 16.8 Å². The summed E-state index contributed by atoms with van der Waals surface area (Å²) < 4.78 is 45.0. The zero-order valence-corrected chi connectivity index (χ0v) is 10.1. The van der Waals surface area contributed by atoms with Gasteiger partial charge in [0.1, 0.15) is 12.4 Å². The smallest absolute Gasteiger partial charge is 0.490 e. The van der Waals surface area contributed by atoms with Gasteiger partial charge in [0.2, 0.25) is 0 Å². The van der Waals surface area contributed by atoms with Crippen molar-refractivity contribution in [3.63, 3.8) is 0 Å². The summed E-state index contributed by atoms with van der Waals surface area (Å²) in [5, 5.41) is 0. The van der Waals surface area contributed by atoms with E-state index in [-0.39, 0.29) is 5.69 Å². The molecule has 1 rings (SSSR count). The molecule has 0 aliphatic rings. The van der Waals surface area contributed by atoms with Gasteiger partial charge in [0, 0.05) is 17.3 Å². The van der Waals surface area contributed by atoms with Gasteiger partial charge in [-0.15, -0.1) is 0 Å². The van der Waals surface area contributed by atoms with Crippen molar-refractivity contribution in [2.75, 3.05) is 7.11 Å². The van der Waals surface area contributed by atoms with E-state index in [2.05, 4.69) is 9.72 Å². The molecule has 0 aliphatic carbocycles. The molecule has 1 heterocycles. The molecule has 7 heteroatoms. The fraction of sp³-hybridized carbons (Fsp3) is 0.455. The quantitative estimate of drug-likeness (QED) is 0.785. The molecule has 0 saturated carbocycles. The first-order valence-electron chi connectivity index (χ1n) is 5.00. The zero-order valence-electron chi connectivity index (χ0n) is 10.1. The molecule has 0 aromatic carbocycles. The monoisotopic (exact) mass is 263 g/mol. The molecule has 18 heavy (non-hydrogen) atoms. The first-order chi connectivity index (χ1) is 8.27. The van der Waals surface area contributed by atoms with E-state index >= 15 is 0 Å². The summed E-state index contributed by atoms with van der Waals surface area (Å²) in [6, 6.07) is 0. The Morgan fingerprint density at radius 3 is 2.50 bits per heavy atom. The number of ether oxygens (including phenoxy) is 2. The number of carbonyl (C=O) groups is 1. The van der Waals surface area contributed by atoms with Gasteiger partial charge in [0.05, 0.1) is 12.8 Å². The number of aryl methyl sites for hydroxylation is 1. The van der Waals surface area contributed by atoms with Crippen LogP contribution in [0.25, 0.3) is 0 Å². The van der Waals surface area contributed by atoms with Gasteiger partial charge in [-0.3, -0.25) is 4.98 Å². The van der Waals surface area contributed by atoms with Gasteiger partial charge in [-0.2, -0.15) is 13.2 Å². The van der Waals surface area contributed by atoms with Gasteiger partial charge >= 0.3 is 12.1 Å². The lowest BCUT2D eigenvalue weighted by Gasteiger charge is -2.12. The molecule has 4 nitrogen and oxygen atoms in total. The minimum Gasteiger partial charge on any atom is -0.496 e. The maximum Gasteiger partial charge on any atom is 0.490 e. The lowest BCUT2D eigenvalue weighted by Crippen LogP contribution is -2.25. The highest BCUT2D eigenvalue weighted by molar-refractivity contribution is 5.75. The summed E-state index contributed by atoms with van der Waals surface area (Å²) in [6.07, 6.45) is -3.55. The van der Waals surface area contributed by atoms with Crippen molar-refractivity contribution in [3.8, 4) is 5.75 Å². The van der Waals surface area contributed by atoms with Crippen molar-refractivity contribution < 1.29 is 27.4 Å². The van der Waals surface area contributed by atoms with Crippen molar-refractivity contribution in [1.29, 1.82) is 0 Å². The average molecular weight is 263 g/mol. The van der Waals surface area contributed by atoms with Crippen LogP contribution in [-0.4, -0.2) is 24.2 Å². The van der Waals surface area contributed by atoms with E-state index in [9.17, 15) is 18.0 Å². The molecule has 100 valence electrons. The van der Waals surface area contributed by atoms with Crippen molar-refractivity contribution >= 4 is 5.97 Å². The molecule has 0 saturated heterocycles. The van der Waals surface area contributed by atoms with Gasteiger partial charge in [0.25, 0.3) is 0 Å². The van der Waals surface area contributed by atoms with Gasteiger partial charge < -0.3 is 9.47 Å². The topological polar surface area (TPSA) is 48.4 Å². The molecule has 0 amide bonds. The fourth-order valence-electron chi connectivity index (χ4n) is 1.43. The maximum atomic E-state index is 11.9. The highest BCUT2D eigenvalue weighted by Gasteiger charge is 2.41. The van der Waals surface area contributed by atoms with Crippen LogP contribution in [0.2, 0.25) is 0 Å². The number of hydrogen-bond donors (Lipinski definition) is 0. The molecule has 0 atom stereocenters. The molecule has 0 radical (unpaired) electrons.